The largest absolute Gasteiger partial charge is 0.482 e. The number of nitrogens with two attached hydrogens (primary N) is 1. The zero-order chi connectivity index (χ0) is 14.3. The summed E-state index contributed by atoms with van der Waals surface area (Å²) in [4.78, 5) is 11.4. The Labute approximate surface area is 118 Å². The normalized spacial score (nSPS) is 12.0. The maximum atomic E-state index is 11.4. The molecule has 1 unspecified atom stereocenters. The van der Waals surface area contributed by atoms with E-state index in [9.17, 15) is 4.79 Å². The van der Waals surface area contributed by atoms with Crippen LogP contribution >= 0.6 is 11.6 Å². The summed E-state index contributed by atoms with van der Waals surface area (Å²) in [7, 11) is 1.57. The molecule has 0 spiro atoms. The molecule has 0 fully saturated rings. The smallest absolute Gasteiger partial charge is 0.258 e. The summed E-state index contributed by atoms with van der Waals surface area (Å²) in [6.07, 6.45) is 0. The van der Waals surface area contributed by atoms with E-state index in [4.69, 9.17) is 26.8 Å². The minimum atomic E-state index is -0.218. The van der Waals surface area contributed by atoms with E-state index >= 15 is 0 Å². The third kappa shape index (κ3) is 5.46. The Balaban J connectivity index is 2.47. The second-order valence-corrected chi connectivity index (χ2v) is 4.52. The molecule has 0 bridgehead atoms. The fraction of sp³-hybridized carbons (Fsp3) is 0.462. The summed E-state index contributed by atoms with van der Waals surface area (Å²) < 4.78 is 10.2. The van der Waals surface area contributed by atoms with Gasteiger partial charge in [0.05, 0.1) is 11.6 Å². The van der Waals surface area contributed by atoms with Crippen LogP contribution in [0.4, 0.5) is 0 Å². The molecule has 0 aliphatic heterocycles. The van der Waals surface area contributed by atoms with Crippen molar-refractivity contribution in [3.63, 3.8) is 0 Å². The van der Waals surface area contributed by atoms with Crippen molar-refractivity contribution >= 4 is 17.5 Å². The van der Waals surface area contributed by atoms with Crippen LogP contribution in [0, 0.1) is 0 Å². The van der Waals surface area contributed by atoms with Crippen LogP contribution in [-0.2, 0) is 9.53 Å². The number of halogens is 1. The molecule has 19 heavy (non-hydrogen) atoms. The number of hydrogen-bond acceptors (Lipinski definition) is 4. The first-order chi connectivity index (χ1) is 9.04. The molecule has 1 atom stereocenters. The summed E-state index contributed by atoms with van der Waals surface area (Å²) in [6.45, 7) is 2.71. The topological polar surface area (TPSA) is 73.6 Å². The Bertz CT molecular complexity index is 424. The highest BCUT2D eigenvalue weighted by Crippen LogP contribution is 2.27. The van der Waals surface area contributed by atoms with Gasteiger partial charge in [-0.1, -0.05) is 17.7 Å². The average Bonchev–Trinajstić information content (AvgIpc) is 2.37. The number of carbonyl (C=O) groups is 1. The van der Waals surface area contributed by atoms with Crippen molar-refractivity contribution < 1.29 is 14.3 Å². The molecule has 1 aromatic rings. The van der Waals surface area contributed by atoms with E-state index in [0.717, 1.165) is 5.56 Å². The number of carbonyl (C=O) groups excluding carboxylic acids is 1. The molecule has 1 amide bonds. The summed E-state index contributed by atoms with van der Waals surface area (Å²) >= 11 is 6.05. The molecule has 0 saturated heterocycles. The quantitative estimate of drug-likeness (QED) is 0.745. The first-order valence-electron chi connectivity index (χ1n) is 5.98. The minimum absolute atomic E-state index is 0.0824. The van der Waals surface area contributed by atoms with Crippen molar-refractivity contribution in [1.82, 2.24) is 5.32 Å². The first-order valence-corrected chi connectivity index (χ1v) is 6.36. The SMILES string of the molecule is COCCNC(=O)COc1ccc(C(C)N)cc1Cl. The third-order valence-corrected chi connectivity index (χ3v) is 2.76. The van der Waals surface area contributed by atoms with Crippen LogP contribution in [0.25, 0.3) is 0 Å². The molecule has 3 N–H and O–H groups in total. The van der Waals surface area contributed by atoms with E-state index in [1.807, 2.05) is 13.0 Å². The molecule has 0 aliphatic carbocycles. The Morgan fingerprint density at radius 3 is 2.84 bits per heavy atom. The zero-order valence-corrected chi connectivity index (χ0v) is 11.9. The molecule has 106 valence electrons. The molecule has 0 heterocycles. The molecule has 0 radical (unpaired) electrons. The number of benzene rings is 1. The van der Waals surface area contributed by atoms with E-state index in [1.165, 1.54) is 0 Å². The van der Waals surface area contributed by atoms with Gasteiger partial charge in [0, 0.05) is 19.7 Å². The second-order valence-electron chi connectivity index (χ2n) is 4.11. The lowest BCUT2D eigenvalue weighted by molar-refractivity contribution is -0.123. The van der Waals surface area contributed by atoms with Crippen molar-refractivity contribution in [3.05, 3.63) is 28.8 Å². The van der Waals surface area contributed by atoms with E-state index in [-0.39, 0.29) is 18.6 Å². The van der Waals surface area contributed by atoms with Gasteiger partial charge in [-0.25, -0.2) is 0 Å². The number of methoxy groups -OCH3 is 1. The third-order valence-electron chi connectivity index (χ3n) is 2.47. The van der Waals surface area contributed by atoms with Gasteiger partial charge in [-0.2, -0.15) is 0 Å². The van der Waals surface area contributed by atoms with E-state index in [1.54, 1.807) is 19.2 Å². The van der Waals surface area contributed by atoms with Crippen molar-refractivity contribution in [2.45, 2.75) is 13.0 Å². The summed E-state index contributed by atoms with van der Waals surface area (Å²) in [5.41, 5.74) is 6.67. The maximum Gasteiger partial charge on any atom is 0.258 e. The van der Waals surface area contributed by atoms with E-state index < -0.39 is 0 Å². The highest BCUT2D eigenvalue weighted by molar-refractivity contribution is 6.32. The predicted octanol–water partition coefficient (Wildman–Crippen LogP) is 1.50. The van der Waals surface area contributed by atoms with Gasteiger partial charge in [-0.05, 0) is 24.6 Å². The Morgan fingerprint density at radius 2 is 2.26 bits per heavy atom. The van der Waals surface area contributed by atoms with Crippen molar-refractivity contribution in [1.29, 1.82) is 0 Å². The molecule has 0 aliphatic rings. The van der Waals surface area contributed by atoms with Crippen molar-refractivity contribution in [3.8, 4) is 5.75 Å². The van der Waals surface area contributed by atoms with Crippen molar-refractivity contribution in [2.75, 3.05) is 26.9 Å². The lowest BCUT2D eigenvalue weighted by Gasteiger charge is -2.11. The monoisotopic (exact) mass is 286 g/mol. The zero-order valence-electron chi connectivity index (χ0n) is 11.1. The Hall–Kier alpha value is -1.30. The van der Waals surface area contributed by atoms with Crippen LogP contribution in [0.15, 0.2) is 18.2 Å². The summed E-state index contributed by atoms with van der Waals surface area (Å²) in [5.74, 6) is 0.248. The molecular formula is C13H19ClN2O3. The summed E-state index contributed by atoms with van der Waals surface area (Å²) in [6, 6.07) is 5.19. The van der Waals surface area contributed by atoms with Crippen LogP contribution < -0.4 is 15.8 Å². The molecular weight excluding hydrogens is 268 g/mol. The van der Waals surface area contributed by atoms with Gasteiger partial charge in [0.15, 0.2) is 6.61 Å². The van der Waals surface area contributed by atoms with Gasteiger partial charge in [0.1, 0.15) is 5.75 Å². The van der Waals surface area contributed by atoms with Gasteiger partial charge in [-0.15, -0.1) is 0 Å². The van der Waals surface area contributed by atoms with E-state index in [2.05, 4.69) is 5.32 Å². The standard InChI is InChI=1S/C13H19ClN2O3/c1-9(15)10-3-4-12(11(14)7-10)19-8-13(17)16-5-6-18-2/h3-4,7,9H,5-6,8,15H2,1-2H3,(H,16,17). The Morgan fingerprint density at radius 1 is 1.53 bits per heavy atom. The number of rotatable bonds is 7. The highest BCUT2D eigenvalue weighted by Gasteiger charge is 2.08. The van der Waals surface area contributed by atoms with Gasteiger partial charge in [-0.3, -0.25) is 4.79 Å². The van der Waals surface area contributed by atoms with Crippen LogP contribution in [-0.4, -0.2) is 32.8 Å². The van der Waals surface area contributed by atoms with Crippen LogP contribution in [0.2, 0.25) is 5.02 Å². The Kier molecular flexibility index (Phi) is 6.62. The van der Waals surface area contributed by atoms with Crippen LogP contribution in [0.5, 0.6) is 5.75 Å². The maximum absolute atomic E-state index is 11.4. The van der Waals surface area contributed by atoms with Crippen molar-refractivity contribution in [2.24, 2.45) is 5.73 Å². The molecule has 0 saturated carbocycles. The molecule has 1 rings (SSSR count). The molecule has 5 nitrogen and oxygen atoms in total. The number of hydrogen-bond donors (Lipinski definition) is 2. The highest BCUT2D eigenvalue weighted by atomic mass is 35.5. The fourth-order valence-electron chi connectivity index (χ4n) is 1.40. The van der Waals surface area contributed by atoms with Gasteiger partial charge >= 0.3 is 0 Å². The number of nitrogens with one attached hydrogen (secondary N) is 1. The number of amides is 1. The van der Waals surface area contributed by atoms with E-state index in [0.29, 0.717) is 23.9 Å². The molecule has 1 aromatic carbocycles. The molecule has 0 aromatic heterocycles. The minimum Gasteiger partial charge on any atom is -0.482 e. The van der Waals surface area contributed by atoms with Crippen LogP contribution in [0.3, 0.4) is 0 Å². The molecule has 6 heteroatoms. The summed E-state index contributed by atoms with van der Waals surface area (Å²) in [5, 5.41) is 3.09. The number of ether oxygens (including phenoxy) is 2. The van der Waals surface area contributed by atoms with Gasteiger partial charge in [0.25, 0.3) is 5.91 Å². The average molecular weight is 287 g/mol. The lowest BCUT2D eigenvalue weighted by Crippen LogP contribution is -2.31. The predicted molar refractivity (Wildman–Crippen MR) is 74.4 cm³/mol. The fourth-order valence-corrected chi connectivity index (χ4v) is 1.65. The first kappa shape index (κ1) is 15.8. The lowest BCUT2D eigenvalue weighted by atomic mass is 10.1. The second kappa shape index (κ2) is 7.99. The van der Waals surface area contributed by atoms with Gasteiger partial charge < -0.3 is 20.5 Å². The van der Waals surface area contributed by atoms with Gasteiger partial charge in [0.2, 0.25) is 0 Å². The van der Waals surface area contributed by atoms with Crippen LogP contribution in [0.1, 0.15) is 18.5 Å².